The van der Waals surface area contributed by atoms with Gasteiger partial charge in [0.2, 0.25) is 0 Å². The summed E-state index contributed by atoms with van der Waals surface area (Å²) in [5.41, 5.74) is 6.18. The molecule has 0 saturated carbocycles. The van der Waals surface area contributed by atoms with Crippen molar-refractivity contribution >= 4 is 21.4 Å². The first kappa shape index (κ1) is 15.5. The minimum absolute atomic E-state index is 0.0576. The normalized spacial score (nSPS) is 11.6. The van der Waals surface area contributed by atoms with E-state index in [2.05, 4.69) is 5.32 Å². The molecule has 0 fully saturated rings. The number of anilines is 1. The summed E-state index contributed by atoms with van der Waals surface area (Å²) in [6.07, 6.45) is 2.73. The van der Waals surface area contributed by atoms with Gasteiger partial charge in [-0.2, -0.15) is 0 Å². The minimum atomic E-state index is -3.38. The number of carbonyl (C=O) groups excluding carboxylic acids is 1. The third-order valence-electron chi connectivity index (χ3n) is 2.94. The number of nitrogen functional groups attached to an aromatic ring is 1. The van der Waals surface area contributed by atoms with Crippen molar-refractivity contribution in [3.05, 3.63) is 23.8 Å². The second-order valence-corrected chi connectivity index (χ2v) is 6.57. The maximum atomic E-state index is 12.0. The van der Waals surface area contributed by atoms with Crippen LogP contribution in [-0.4, -0.2) is 26.6 Å². The molecule has 0 unspecified atom stereocenters. The molecule has 0 saturated heterocycles. The number of hydrogen-bond acceptors (Lipinski definition) is 4. The number of nitrogens with one attached hydrogen (secondary N) is 1. The predicted octanol–water partition coefficient (Wildman–Crippen LogP) is 1.59. The summed E-state index contributed by atoms with van der Waals surface area (Å²) in [6, 6.07) is 4.26. The molecule has 1 amide bonds. The summed E-state index contributed by atoms with van der Waals surface area (Å²) in [6.45, 7) is 3.96. The molecular formula is C13H20N2O3S. The molecule has 1 aromatic carbocycles. The number of benzene rings is 1. The number of nitrogens with two attached hydrogens (primary N) is 1. The van der Waals surface area contributed by atoms with E-state index in [1.807, 2.05) is 13.8 Å². The zero-order valence-electron chi connectivity index (χ0n) is 11.4. The number of hydrogen-bond donors (Lipinski definition) is 2. The van der Waals surface area contributed by atoms with Gasteiger partial charge in [-0.15, -0.1) is 0 Å². The molecule has 0 aromatic heterocycles. The zero-order valence-corrected chi connectivity index (χ0v) is 12.3. The lowest BCUT2D eigenvalue weighted by Gasteiger charge is -2.15. The maximum absolute atomic E-state index is 12.0. The highest BCUT2D eigenvalue weighted by Crippen LogP contribution is 2.17. The van der Waals surface area contributed by atoms with Gasteiger partial charge < -0.3 is 11.1 Å². The Morgan fingerprint density at radius 2 is 1.84 bits per heavy atom. The minimum Gasteiger partial charge on any atom is -0.399 e. The van der Waals surface area contributed by atoms with E-state index in [4.69, 9.17) is 5.73 Å². The second-order valence-electron chi connectivity index (χ2n) is 4.55. The molecule has 0 heterocycles. The number of amides is 1. The Balaban J connectivity index is 3.08. The fourth-order valence-corrected chi connectivity index (χ4v) is 2.42. The Kier molecular flexibility index (Phi) is 4.94. The van der Waals surface area contributed by atoms with Crippen molar-refractivity contribution in [2.24, 2.45) is 0 Å². The summed E-state index contributed by atoms with van der Waals surface area (Å²) in [5, 5.41) is 2.85. The summed E-state index contributed by atoms with van der Waals surface area (Å²) in [5.74, 6) is -0.300. The average molecular weight is 284 g/mol. The van der Waals surface area contributed by atoms with Crippen LogP contribution >= 0.6 is 0 Å². The summed E-state index contributed by atoms with van der Waals surface area (Å²) >= 11 is 0. The van der Waals surface area contributed by atoms with Crippen LogP contribution in [0.4, 0.5) is 5.69 Å². The molecule has 0 aliphatic heterocycles. The van der Waals surface area contributed by atoms with Crippen molar-refractivity contribution in [2.75, 3.05) is 12.0 Å². The van der Waals surface area contributed by atoms with E-state index >= 15 is 0 Å². The van der Waals surface area contributed by atoms with Crippen LogP contribution in [-0.2, 0) is 9.84 Å². The van der Waals surface area contributed by atoms with Crippen molar-refractivity contribution in [3.8, 4) is 0 Å². The van der Waals surface area contributed by atoms with E-state index in [0.717, 1.165) is 19.1 Å². The third-order valence-corrected chi connectivity index (χ3v) is 4.03. The highest BCUT2D eigenvalue weighted by Gasteiger charge is 2.15. The molecule has 1 rings (SSSR count). The van der Waals surface area contributed by atoms with Gasteiger partial charge in [0.05, 0.1) is 4.90 Å². The van der Waals surface area contributed by atoms with Gasteiger partial charge >= 0.3 is 0 Å². The van der Waals surface area contributed by atoms with E-state index in [-0.39, 0.29) is 28.1 Å². The van der Waals surface area contributed by atoms with Gasteiger partial charge in [-0.1, -0.05) is 13.8 Å². The summed E-state index contributed by atoms with van der Waals surface area (Å²) < 4.78 is 23.0. The van der Waals surface area contributed by atoms with Crippen LogP contribution in [0.2, 0.25) is 0 Å². The smallest absolute Gasteiger partial charge is 0.251 e. The van der Waals surface area contributed by atoms with Crippen LogP contribution in [0.5, 0.6) is 0 Å². The molecule has 0 aliphatic carbocycles. The first-order valence-electron chi connectivity index (χ1n) is 6.19. The Morgan fingerprint density at radius 3 is 2.32 bits per heavy atom. The first-order chi connectivity index (χ1) is 8.77. The third kappa shape index (κ3) is 4.24. The Morgan fingerprint density at radius 1 is 1.26 bits per heavy atom. The van der Waals surface area contributed by atoms with Crippen molar-refractivity contribution in [3.63, 3.8) is 0 Å². The van der Waals surface area contributed by atoms with Gasteiger partial charge in [0.15, 0.2) is 9.84 Å². The fraction of sp³-hybridized carbons (Fsp3) is 0.462. The largest absolute Gasteiger partial charge is 0.399 e. The topological polar surface area (TPSA) is 89.3 Å². The van der Waals surface area contributed by atoms with E-state index in [1.54, 1.807) is 0 Å². The molecular weight excluding hydrogens is 264 g/mol. The maximum Gasteiger partial charge on any atom is 0.251 e. The standard InChI is InChI=1S/C13H20N2O3S/c1-4-11(5-2)15-13(16)9-6-10(14)8-12(7-9)19(3,17)18/h6-8,11H,4-5,14H2,1-3H3,(H,15,16). The lowest BCUT2D eigenvalue weighted by Crippen LogP contribution is -2.33. The van der Waals surface area contributed by atoms with Crippen molar-refractivity contribution < 1.29 is 13.2 Å². The quantitative estimate of drug-likeness (QED) is 0.804. The van der Waals surface area contributed by atoms with Crippen molar-refractivity contribution in [1.29, 1.82) is 0 Å². The molecule has 0 bridgehead atoms. The van der Waals surface area contributed by atoms with Crippen LogP contribution in [0.25, 0.3) is 0 Å². The lowest BCUT2D eigenvalue weighted by atomic mass is 10.1. The average Bonchev–Trinajstić information content (AvgIpc) is 2.33. The van der Waals surface area contributed by atoms with Crippen LogP contribution in [0, 0.1) is 0 Å². The molecule has 1 aromatic rings. The second kappa shape index (κ2) is 6.06. The van der Waals surface area contributed by atoms with Gasteiger partial charge in [0.25, 0.3) is 5.91 Å². The molecule has 5 nitrogen and oxygen atoms in total. The van der Waals surface area contributed by atoms with E-state index in [9.17, 15) is 13.2 Å². The molecule has 0 spiro atoms. The molecule has 0 radical (unpaired) electrons. The van der Waals surface area contributed by atoms with Crippen LogP contribution < -0.4 is 11.1 Å². The van der Waals surface area contributed by atoms with Gasteiger partial charge in [-0.25, -0.2) is 8.42 Å². The molecule has 19 heavy (non-hydrogen) atoms. The van der Waals surface area contributed by atoms with Crippen LogP contribution in [0.1, 0.15) is 37.0 Å². The van der Waals surface area contributed by atoms with Gasteiger partial charge in [0.1, 0.15) is 0 Å². The number of sulfone groups is 1. The number of rotatable bonds is 5. The van der Waals surface area contributed by atoms with Gasteiger partial charge in [0, 0.05) is 23.5 Å². The monoisotopic (exact) mass is 284 g/mol. The molecule has 3 N–H and O–H groups in total. The molecule has 0 aliphatic rings. The van der Waals surface area contributed by atoms with E-state index in [0.29, 0.717) is 0 Å². The van der Waals surface area contributed by atoms with E-state index < -0.39 is 9.84 Å². The van der Waals surface area contributed by atoms with Crippen molar-refractivity contribution in [2.45, 2.75) is 37.6 Å². The first-order valence-corrected chi connectivity index (χ1v) is 8.08. The van der Waals surface area contributed by atoms with E-state index in [1.165, 1.54) is 18.2 Å². The predicted molar refractivity (Wildman–Crippen MR) is 75.8 cm³/mol. The highest BCUT2D eigenvalue weighted by atomic mass is 32.2. The lowest BCUT2D eigenvalue weighted by molar-refractivity contribution is 0.0934. The molecule has 0 atom stereocenters. The molecule has 106 valence electrons. The van der Waals surface area contributed by atoms with Crippen LogP contribution in [0.15, 0.2) is 23.1 Å². The zero-order chi connectivity index (χ0) is 14.6. The fourth-order valence-electron chi connectivity index (χ4n) is 1.73. The molecule has 6 heteroatoms. The Hall–Kier alpha value is -1.56. The van der Waals surface area contributed by atoms with Gasteiger partial charge in [-0.05, 0) is 31.0 Å². The number of carbonyl (C=O) groups is 1. The van der Waals surface area contributed by atoms with Crippen molar-refractivity contribution in [1.82, 2.24) is 5.32 Å². The summed E-state index contributed by atoms with van der Waals surface area (Å²) in [4.78, 5) is 12.1. The van der Waals surface area contributed by atoms with Crippen LogP contribution in [0.3, 0.4) is 0 Å². The van der Waals surface area contributed by atoms with Gasteiger partial charge in [-0.3, -0.25) is 4.79 Å². The SMILES string of the molecule is CCC(CC)NC(=O)c1cc(N)cc(S(C)(=O)=O)c1. The summed E-state index contributed by atoms with van der Waals surface area (Å²) in [7, 11) is -3.38. The highest BCUT2D eigenvalue weighted by molar-refractivity contribution is 7.90. The Labute approximate surface area is 114 Å². The Bertz CT molecular complexity index is 563.